The number of aliphatic hydroxyl groups excluding tert-OH is 2. The van der Waals surface area contributed by atoms with Gasteiger partial charge >= 0.3 is 5.97 Å². The Kier molecular flexibility index (Phi) is 11.3. The highest BCUT2D eigenvalue weighted by atomic mass is 16.6. The minimum Gasteiger partial charge on any atom is -0.491 e. The zero-order valence-electron chi connectivity index (χ0n) is 33.6. The van der Waals surface area contributed by atoms with E-state index in [4.69, 9.17) is 9.47 Å². The predicted molar refractivity (Wildman–Crippen MR) is 230 cm³/mol. The van der Waals surface area contributed by atoms with Crippen molar-refractivity contribution < 1.29 is 34.1 Å². The number of cyclic esters (lactones) is 1. The molecule has 2 amide bonds. The van der Waals surface area contributed by atoms with Gasteiger partial charge in [0.15, 0.2) is 0 Å². The van der Waals surface area contributed by atoms with E-state index in [0.29, 0.717) is 33.7 Å². The van der Waals surface area contributed by atoms with Crippen LogP contribution < -0.4 is 15.4 Å². The molecular weight excluding hydrogens is 767 g/mol. The third kappa shape index (κ3) is 7.39. The first-order chi connectivity index (χ1) is 29.9. The van der Waals surface area contributed by atoms with Crippen LogP contribution in [0, 0.1) is 17.8 Å². The molecule has 5 aromatic carbocycles. The number of amides is 2. The number of allylic oxidation sites excluding steroid dienone is 2. The number of aliphatic hydroxyl groups is 2. The number of esters is 1. The Labute approximate surface area is 355 Å². The highest BCUT2D eigenvalue weighted by molar-refractivity contribution is 6.12. The van der Waals surface area contributed by atoms with Gasteiger partial charge in [-0.05, 0) is 89.4 Å². The van der Waals surface area contributed by atoms with Crippen molar-refractivity contribution in [1.82, 2.24) is 10.2 Å². The number of carbonyl (C=O) groups excluding carboxylic acids is 3. The van der Waals surface area contributed by atoms with Crippen molar-refractivity contribution in [3.05, 3.63) is 178 Å². The summed E-state index contributed by atoms with van der Waals surface area (Å²) in [5.41, 5.74) is 3.83. The summed E-state index contributed by atoms with van der Waals surface area (Å²) < 4.78 is 12.5. The van der Waals surface area contributed by atoms with Crippen LogP contribution in [0.1, 0.15) is 83.4 Å². The fourth-order valence-corrected chi connectivity index (χ4v) is 9.81. The van der Waals surface area contributed by atoms with Gasteiger partial charge in [0.1, 0.15) is 29.9 Å². The van der Waals surface area contributed by atoms with E-state index in [1.165, 1.54) is 0 Å². The number of rotatable bonds is 10. The fourth-order valence-electron chi connectivity index (χ4n) is 9.81. The molecule has 61 heavy (non-hydrogen) atoms. The second kappa shape index (κ2) is 17.2. The lowest BCUT2D eigenvalue weighted by molar-refractivity contribution is -0.178. The topological polar surface area (TPSA) is 137 Å². The molecule has 3 heterocycles. The molecule has 1 spiro atoms. The van der Waals surface area contributed by atoms with Crippen LogP contribution >= 0.6 is 0 Å². The molecule has 0 saturated carbocycles. The molecule has 1 aliphatic carbocycles. The SMILES string of the molecule is O=C1O[C@H](c2ccccc2)[C@H](c2ccccc2)N2[C@H]1[C@@H](C(=O)NC[C@H](O)c1ccccc1)[C@]1(C(=O)Nc3ccc(C#CC4=CCCCC4)cc31)[C@H]2c1cccc(OCCO)c1. The number of nitrogens with zero attached hydrogens (tertiary/aromatic N) is 1. The molecule has 4 N–H and O–H groups in total. The van der Waals surface area contributed by atoms with Gasteiger partial charge in [-0.3, -0.25) is 19.3 Å². The van der Waals surface area contributed by atoms with Crippen LogP contribution in [0.25, 0.3) is 0 Å². The average Bonchev–Trinajstić information content (AvgIpc) is 3.79. The molecule has 5 aromatic rings. The van der Waals surface area contributed by atoms with Crippen molar-refractivity contribution in [2.45, 2.75) is 61.4 Å². The molecule has 7 atom stereocenters. The first-order valence-electron chi connectivity index (χ1n) is 21.0. The second-order valence-electron chi connectivity index (χ2n) is 16.0. The quantitative estimate of drug-likeness (QED) is 0.0872. The second-order valence-corrected chi connectivity index (χ2v) is 16.0. The van der Waals surface area contributed by atoms with E-state index in [9.17, 15) is 10.2 Å². The molecule has 10 heteroatoms. The largest absolute Gasteiger partial charge is 0.491 e. The summed E-state index contributed by atoms with van der Waals surface area (Å²) in [5, 5.41) is 27.1. The minimum absolute atomic E-state index is 0.0389. The molecule has 3 aliphatic heterocycles. The maximum absolute atomic E-state index is 15.5. The van der Waals surface area contributed by atoms with E-state index >= 15 is 14.4 Å². The summed E-state index contributed by atoms with van der Waals surface area (Å²) in [6.07, 6.45) is 4.38. The maximum Gasteiger partial charge on any atom is 0.324 e. The van der Waals surface area contributed by atoms with Crippen LogP contribution in [0.2, 0.25) is 0 Å². The van der Waals surface area contributed by atoms with Crippen LogP contribution in [-0.4, -0.2) is 58.7 Å². The number of benzene rings is 5. The third-order valence-corrected chi connectivity index (χ3v) is 12.4. The number of carbonyl (C=O) groups is 3. The van der Waals surface area contributed by atoms with Gasteiger partial charge in [0.2, 0.25) is 11.8 Å². The number of hydrogen-bond donors (Lipinski definition) is 4. The van der Waals surface area contributed by atoms with Crippen LogP contribution in [0.15, 0.2) is 145 Å². The fraction of sp³-hybridized carbons (Fsp3) is 0.275. The van der Waals surface area contributed by atoms with Gasteiger partial charge < -0.3 is 30.3 Å². The Balaban J connectivity index is 1.29. The van der Waals surface area contributed by atoms with Crippen LogP contribution in [-0.2, 0) is 24.5 Å². The lowest BCUT2D eigenvalue weighted by atomic mass is 9.65. The molecule has 10 nitrogen and oxygen atoms in total. The van der Waals surface area contributed by atoms with Crippen LogP contribution in [0.5, 0.6) is 5.75 Å². The normalized spacial score (nSPS) is 24.6. The molecule has 0 bridgehead atoms. The Morgan fingerprint density at radius 2 is 1.57 bits per heavy atom. The standard InChI is InChI=1S/C51H47N3O7/c55-28-29-60-39-23-13-22-38(31-39)47-51(40-30-34(26-27-41(40)53-50(51)59)25-24-33-14-5-1-6-15-33)43(48(57)52-32-42(56)35-16-7-2-8-17-35)45-49(58)61-46(37-20-11-4-12-21-37)44(54(45)47)36-18-9-3-10-19-36/h2-4,7-14,16-23,26-27,30-31,42-47,55-56H,1,5-6,15,28-29,32H2,(H,52,57)(H,53,59)/t42-,43-,44-,45-,46+,47+,51-/m0/s1. The summed E-state index contributed by atoms with van der Waals surface area (Å²) in [6, 6.07) is 38.2. The molecule has 0 unspecified atom stereocenters. The number of anilines is 1. The summed E-state index contributed by atoms with van der Waals surface area (Å²) in [6.45, 7) is -0.340. The average molecular weight is 814 g/mol. The number of nitrogens with one attached hydrogen (secondary N) is 2. The minimum atomic E-state index is -1.74. The van der Waals surface area contributed by atoms with Gasteiger partial charge in [-0.15, -0.1) is 0 Å². The zero-order chi connectivity index (χ0) is 41.9. The third-order valence-electron chi connectivity index (χ3n) is 12.4. The highest BCUT2D eigenvalue weighted by Crippen LogP contribution is 2.65. The molecule has 0 radical (unpaired) electrons. The molecular formula is C51H47N3O7. The van der Waals surface area contributed by atoms with Crippen molar-refractivity contribution in [1.29, 1.82) is 0 Å². The molecule has 2 fully saturated rings. The number of ether oxygens (including phenoxy) is 2. The molecule has 9 rings (SSSR count). The summed E-state index contributed by atoms with van der Waals surface area (Å²) in [7, 11) is 0. The lowest BCUT2D eigenvalue weighted by Gasteiger charge is -2.46. The number of fused-ring (bicyclic) bond motifs is 3. The summed E-state index contributed by atoms with van der Waals surface area (Å²) in [5.74, 6) is 4.10. The Hall–Kier alpha value is -6.51. The van der Waals surface area contributed by atoms with Crippen molar-refractivity contribution >= 4 is 23.5 Å². The van der Waals surface area contributed by atoms with E-state index in [-0.39, 0.29) is 19.8 Å². The van der Waals surface area contributed by atoms with Gasteiger partial charge in [-0.2, -0.15) is 0 Å². The van der Waals surface area contributed by atoms with E-state index in [0.717, 1.165) is 42.4 Å². The smallest absolute Gasteiger partial charge is 0.324 e. The maximum atomic E-state index is 15.5. The summed E-state index contributed by atoms with van der Waals surface area (Å²) in [4.78, 5) is 48.0. The van der Waals surface area contributed by atoms with E-state index in [1.807, 2.05) is 120 Å². The molecule has 308 valence electrons. The van der Waals surface area contributed by atoms with Crippen LogP contribution in [0.4, 0.5) is 5.69 Å². The molecule has 4 aliphatic rings. The number of hydrogen-bond acceptors (Lipinski definition) is 8. The number of morpholine rings is 1. The van der Waals surface area contributed by atoms with E-state index < -0.39 is 59.5 Å². The Bertz CT molecular complexity index is 2520. The van der Waals surface area contributed by atoms with E-state index in [1.54, 1.807) is 18.2 Å². The first kappa shape index (κ1) is 39.9. The highest BCUT2D eigenvalue weighted by Gasteiger charge is 2.74. The van der Waals surface area contributed by atoms with Gasteiger partial charge in [0.25, 0.3) is 0 Å². The monoisotopic (exact) mass is 813 g/mol. The van der Waals surface area contributed by atoms with Crippen molar-refractivity contribution in [3.63, 3.8) is 0 Å². The van der Waals surface area contributed by atoms with Gasteiger partial charge in [-0.25, -0.2) is 0 Å². The van der Waals surface area contributed by atoms with Crippen molar-refractivity contribution in [2.75, 3.05) is 25.1 Å². The van der Waals surface area contributed by atoms with Crippen molar-refractivity contribution in [3.8, 4) is 17.6 Å². The Morgan fingerprint density at radius 3 is 2.30 bits per heavy atom. The Morgan fingerprint density at radius 1 is 0.852 bits per heavy atom. The van der Waals surface area contributed by atoms with Gasteiger partial charge in [0, 0.05) is 17.8 Å². The van der Waals surface area contributed by atoms with Crippen molar-refractivity contribution in [2.24, 2.45) is 5.92 Å². The van der Waals surface area contributed by atoms with Crippen LogP contribution in [0.3, 0.4) is 0 Å². The van der Waals surface area contributed by atoms with Gasteiger partial charge in [-0.1, -0.05) is 121 Å². The lowest BCUT2D eigenvalue weighted by Crippen LogP contribution is -2.55. The summed E-state index contributed by atoms with van der Waals surface area (Å²) >= 11 is 0. The van der Waals surface area contributed by atoms with Gasteiger partial charge in [0.05, 0.1) is 30.7 Å². The first-order valence-corrected chi connectivity index (χ1v) is 21.0. The molecule has 0 aromatic heterocycles. The predicted octanol–water partition coefficient (Wildman–Crippen LogP) is 7.03. The zero-order valence-corrected chi connectivity index (χ0v) is 33.6. The molecule has 2 saturated heterocycles. The van der Waals surface area contributed by atoms with E-state index in [2.05, 4.69) is 28.6 Å².